The Kier molecular flexibility index (Phi) is 5.64. The molecule has 4 N–H and O–H groups in total. The Balaban J connectivity index is 2.85. The van der Waals surface area contributed by atoms with Crippen LogP contribution in [0.15, 0.2) is 18.2 Å². The molecule has 0 aliphatic rings. The van der Waals surface area contributed by atoms with Crippen LogP contribution in [0.2, 0.25) is 0 Å². The summed E-state index contributed by atoms with van der Waals surface area (Å²) < 4.78 is 13.6. The van der Waals surface area contributed by atoms with Crippen molar-refractivity contribution in [2.45, 2.75) is 33.2 Å². The van der Waals surface area contributed by atoms with Crippen LogP contribution >= 0.6 is 0 Å². The maximum Gasteiger partial charge on any atom is 0.241 e. The number of benzene rings is 1. The first-order valence-electron chi connectivity index (χ1n) is 6.48. The zero-order chi connectivity index (χ0) is 15.3. The van der Waals surface area contributed by atoms with Crippen molar-refractivity contribution in [3.63, 3.8) is 0 Å². The first-order chi connectivity index (χ1) is 9.35. The highest BCUT2D eigenvalue weighted by Gasteiger charge is 2.20. The fourth-order valence-electron chi connectivity index (χ4n) is 1.63. The van der Waals surface area contributed by atoms with E-state index in [4.69, 9.17) is 5.73 Å². The quantitative estimate of drug-likeness (QED) is 0.772. The van der Waals surface area contributed by atoms with Gasteiger partial charge < -0.3 is 16.4 Å². The minimum atomic E-state index is -0.705. The molecular weight excluding hydrogens is 261 g/mol. The number of carbonyl (C=O) groups is 2. The number of rotatable bonds is 5. The van der Waals surface area contributed by atoms with Gasteiger partial charge >= 0.3 is 0 Å². The average molecular weight is 281 g/mol. The van der Waals surface area contributed by atoms with E-state index in [9.17, 15) is 14.0 Å². The van der Waals surface area contributed by atoms with Gasteiger partial charge in [0.15, 0.2) is 0 Å². The number of hydrogen-bond donors (Lipinski definition) is 3. The monoisotopic (exact) mass is 281 g/mol. The molecule has 0 aliphatic heterocycles. The molecule has 0 heterocycles. The van der Waals surface area contributed by atoms with Crippen LogP contribution in [0.3, 0.4) is 0 Å². The highest BCUT2D eigenvalue weighted by atomic mass is 19.1. The summed E-state index contributed by atoms with van der Waals surface area (Å²) in [5.41, 5.74) is 6.19. The van der Waals surface area contributed by atoms with Gasteiger partial charge in [-0.05, 0) is 24.1 Å². The van der Waals surface area contributed by atoms with Crippen LogP contribution in [0, 0.1) is 11.7 Å². The van der Waals surface area contributed by atoms with E-state index >= 15 is 0 Å². The molecule has 20 heavy (non-hydrogen) atoms. The minimum Gasteiger partial charge on any atom is -0.326 e. The van der Waals surface area contributed by atoms with Crippen molar-refractivity contribution in [1.29, 1.82) is 0 Å². The van der Waals surface area contributed by atoms with Gasteiger partial charge in [0, 0.05) is 12.6 Å². The second-order valence-corrected chi connectivity index (χ2v) is 4.78. The molecule has 0 saturated carbocycles. The lowest BCUT2D eigenvalue weighted by Gasteiger charge is -2.18. The Hall–Kier alpha value is -1.95. The molecule has 6 heteroatoms. The van der Waals surface area contributed by atoms with Crippen molar-refractivity contribution in [1.82, 2.24) is 0 Å². The summed E-state index contributed by atoms with van der Waals surface area (Å²) in [6.45, 7) is 5.13. The number of carbonyl (C=O) groups excluding carboxylic acids is 2. The third kappa shape index (κ3) is 4.31. The zero-order valence-corrected chi connectivity index (χ0v) is 11.9. The Bertz CT molecular complexity index is 505. The average Bonchev–Trinajstić information content (AvgIpc) is 2.40. The second kappa shape index (κ2) is 7.00. The van der Waals surface area contributed by atoms with Crippen LogP contribution < -0.4 is 16.4 Å². The lowest BCUT2D eigenvalue weighted by molar-refractivity contribution is -0.118. The summed E-state index contributed by atoms with van der Waals surface area (Å²) in [7, 11) is 0. The fourth-order valence-corrected chi connectivity index (χ4v) is 1.63. The van der Waals surface area contributed by atoms with E-state index in [0.717, 1.165) is 6.42 Å². The first-order valence-corrected chi connectivity index (χ1v) is 6.48. The number of nitrogens with two attached hydrogens (primary N) is 1. The molecule has 2 amide bonds. The van der Waals surface area contributed by atoms with Gasteiger partial charge in [-0.15, -0.1) is 0 Å². The van der Waals surface area contributed by atoms with Crippen LogP contribution in [0.1, 0.15) is 27.2 Å². The van der Waals surface area contributed by atoms with E-state index < -0.39 is 17.8 Å². The van der Waals surface area contributed by atoms with Crippen molar-refractivity contribution in [3.05, 3.63) is 24.0 Å². The van der Waals surface area contributed by atoms with Gasteiger partial charge in [0.25, 0.3) is 0 Å². The first kappa shape index (κ1) is 16.1. The molecule has 1 aromatic rings. The maximum absolute atomic E-state index is 13.6. The van der Waals surface area contributed by atoms with E-state index in [-0.39, 0.29) is 17.5 Å². The topological polar surface area (TPSA) is 84.2 Å². The van der Waals surface area contributed by atoms with Gasteiger partial charge in [-0.2, -0.15) is 0 Å². The summed E-state index contributed by atoms with van der Waals surface area (Å²) in [6, 6.07) is 3.25. The van der Waals surface area contributed by atoms with Crippen molar-refractivity contribution in [2.75, 3.05) is 10.6 Å². The molecule has 0 spiro atoms. The van der Waals surface area contributed by atoms with Gasteiger partial charge in [0.1, 0.15) is 5.82 Å². The number of hydrogen-bond acceptors (Lipinski definition) is 3. The zero-order valence-electron chi connectivity index (χ0n) is 11.9. The number of amides is 2. The van der Waals surface area contributed by atoms with Crippen molar-refractivity contribution in [3.8, 4) is 0 Å². The molecule has 0 saturated heterocycles. The summed E-state index contributed by atoms with van der Waals surface area (Å²) in [5.74, 6) is -1.30. The van der Waals surface area contributed by atoms with Gasteiger partial charge in [-0.1, -0.05) is 20.3 Å². The molecule has 110 valence electrons. The normalized spacial score (nSPS) is 13.4. The number of nitrogens with one attached hydrogen (secondary N) is 2. The molecule has 0 fully saturated rings. The standard InChI is InChI=1S/C14H20FN3O2/c1-4-8(2)13(16)14(20)18-12-7-10(17-9(3)19)5-6-11(12)15/h5-8,13H,4,16H2,1-3H3,(H,17,19)(H,18,20). The molecule has 5 nitrogen and oxygen atoms in total. The van der Waals surface area contributed by atoms with Crippen LogP contribution in [0.4, 0.5) is 15.8 Å². The van der Waals surface area contributed by atoms with Gasteiger partial charge in [0.05, 0.1) is 11.7 Å². The molecule has 1 aromatic carbocycles. The van der Waals surface area contributed by atoms with E-state index in [1.54, 1.807) is 0 Å². The fraction of sp³-hybridized carbons (Fsp3) is 0.429. The maximum atomic E-state index is 13.6. The van der Waals surface area contributed by atoms with Crippen LogP contribution in [0.25, 0.3) is 0 Å². The lowest BCUT2D eigenvalue weighted by Crippen LogP contribution is -2.40. The molecule has 0 aliphatic carbocycles. The van der Waals surface area contributed by atoms with Crippen LogP contribution in [0.5, 0.6) is 0 Å². The highest BCUT2D eigenvalue weighted by Crippen LogP contribution is 2.20. The molecular formula is C14H20FN3O2. The molecule has 1 rings (SSSR count). The Labute approximate surface area is 117 Å². The van der Waals surface area contributed by atoms with Crippen LogP contribution in [-0.4, -0.2) is 17.9 Å². The van der Waals surface area contributed by atoms with E-state index in [2.05, 4.69) is 10.6 Å². The van der Waals surface area contributed by atoms with Crippen molar-refractivity contribution in [2.24, 2.45) is 11.7 Å². The van der Waals surface area contributed by atoms with Crippen LogP contribution in [-0.2, 0) is 9.59 Å². The van der Waals surface area contributed by atoms with Crippen molar-refractivity contribution < 1.29 is 14.0 Å². The predicted octanol–water partition coefficient (Wildman–Crippen LogP) is 2.10. The minimum absolute atomic E-state index is 0.00000283. The third-order valence-corrected chi connectivity index (χ3v) is 3.10. The second-order valence-electron chi connectivity index (χ2n) is 4.78. The Morgan fingerprint density at radius 2 is 2.00 bits per heavy atom. The smallest absolute Gasteiger partial charge is 0.241 e. The van der Waals surface area contributed by atoms with E-state index in [1.165, 1.54) is 25.1 Å². The number of halogens is 1. The Morgan fingerprint density at radius 1 is 1.35 bits per heavy atom. The highest BCUT2D eigenvalue weighted by molar-refractivity contribution is 5.96. The summed E-state index contributed by atoms with van der Waals surface area (Å²) >= 11 is 0. The largest absolute Gasteiger partial charge is 0.326 e. The third-order valence-electron chi connectivity index (χ3n) is 3.10. The molecule has 2 unspecified atom stereocenters. The lowest BCUT2D eigenvalue weighted by atomic mass is 9.99. The molecule has 0 bridgehead atoms. The SMILES string of the molecule is CCC(C)C(N)C(=O)Nc1cc(NC(C)=O)ccc1F. The summed E-state index contributed by atoms with van der Waals surface area (Å²) in [5, 5.41) is 4.97. The molecule has 0 aromatic heterocycles. The predicted molar refractivity (Wildman–Crippen MR) is 76.8 cm³/mol. The summed E-state index contributed by atoms with van der Waals surface area (Å²) in [4.78, 5) is 22.9. The van der Waals surface area contributed by atoms with E-state index in [1.807, 2.05) is 13.8 Å². The number of anilines is 2. The summed E-state index contributed by atoms with van der Waals surface area (Å²) in [6.07, 6.45) is 0.753. The van der Waals surface area contributed by atoms with Gasteiger partial charge in [-0.25, -0.2) is 4.39 Å². The van der Waals surface area contributed by atoms with Crippen molar-refractivity contribution >= 4 is 23.2 Å². The van der Waals surface area contributed by atoms with Gasteiger partial charge in [-0.3, -0.25) is 9.59 Å². The van der Waals surface area contributed by atoms with Gasteiger partial charge in [0.2, 0.25) is 11.8 Å². The van der Waals surface area contributed by atoms with E-state index in [0.29, 0.717) is 5.69 Å². The molecule has 0 radical (unpaired) electrons. The Morgan fingerprint density at radius 3 is 2.55 bits per heavy atom. The molecule has 2 atom stereocenters.